The largest absolute Gasteiger partial charge is 0.356 e. The fourth-order valence-corrected chi connectivity index (χ4v) is 1.99. The van der Waals surface area contributed by atoms with Crippen LogP contribution in [-0.2, 0) is 18.3 Å². The van der Waals surface area contributed by atoms with Crippen molar-refractivity contribution >= 4 is 41.8 Å². The highest BCUT2D eigenvalue weighted by atomic mass is 35.5. The highest BCUT2D eigenvalue weighted by Gasteiger charge is 2.10. The summed E-state index contributed by atoms with van der Waals surface area (Å²) in [5.74, 6) is 0.340. The average Bonchev–Trinajstić information content (AvgIpc) is 2.69. The highest BCUT2D eigenvalue weighted by Crippen LogP contribution is 2.17. The summed E-state index contributed by atoms with van der Waals surface area (Å²) < 4.78 is 15.4. The van der Waals surface area contributed by atoms with Gasteiger partial charge in [-0.1, -0.05) is 6.07 Å². The Labute approximate surface area is 134 Å². The summed E-state index contributed by atoms with van der Waals surface area (Å²) in [6, 6.07) is 4.87. The van der Waals surface area contributed by atoms with Crippen LogP contribution < -0.4 is 11.1 Å². The number of carbonyl (C=O) groups excluding carboxylic acids is 1. The van der Waals surface area contributed by atoms with Gasteiger partial charge >= 0.3 is 0 Å². The Bertz CT molecular complexity index is 603. The number of imidazole rings is 1. The van der Waals surface area contributed by atoms with Gasteiger partial charge in [-0.05, 0) is 12.1 Å². The molecule has 21 heavy (non-hydrogen) atoms. The first-order valence-corrected chi connectivity index (χ1v) is 6.20. The van der Waals surface area contributed by atoms with Gasteiger partial charge in [0.25, 0.3) is 0 Å². The maximum Gasteiger partial charge on any atom is 0.221 e. The van der Waals surface area contributed by atoms with Crippen LogP contribution in [0.3, 0.4) is 0 Å². The molecule has 1 aromatic carbocycles. The number of aryl methyl sites for hydroxylation is 1. The Kier molecular flexibility index (Phi) is 8.24. The lowest BCUT2D eigenvalue weighted by atomic mass is 10.3. The second kappa shape index (κ2) is 8.81. The van der Waals surface area contributed by atoms with Gasteiger partial charge in [0.05, 0.1) is 5.52 Å². The first-order valence-electron chi connectivity index (χ1n) is 6.20. The smallest absolute Gasteiger partial charge is 0.221 e. The molecule has 0 fully saturated rings. The molecule has 0 spiro atoms. The van der Waals surface area contributed by atoms with E-state index in [1.807, 2.05) is 17.7 Å². The van der Waals surface area contributed by atoms with E-state index in [0.717, 1.165) is 11.3 Å². The molecule has 0 aliphatic heterocycles. The molecule has 2 rings (SSSR count). The van der Waals surface area contributed by atoms with E-state index >= 15 is 0 Å². The van der Waals surface area contributed by atoms with E-state index in [0.29, 0.717) is 31.4 Å². The van der Waals surface area contributed by atoms with Crippen LogP contribution in [0.25, 0.3) is 11.0 Å². The molecule has 1 heterocycles. The first kappa shape index (κ1) is 19.6. The number of para-hydroxylation sites is 1. The van der Waals surface area contributed by atoms with E-state index in [2.05, 4.69) is 10.3 Å². The lowest BCUT2D eigenvalue weighted by molar-refractivity contribution is -0.120. The summed E-state index contributed by atoms with van der Waals surface area (Å²) in [4.78, 5) is 15.5. The summed E-state index contributed by atoms with van der Waals surface area (Å²) in [7, 11) is 1.84. The van der Waals surface area contributed by atoms with Gasteiger partial charge in [-0.15, -0.1) is 24.8 Å². The van der Waals surface area contributed by atoms with Crippen molar-refractivity contribution in [3.05, 3.63) is 29.8 Å². The summed E-state index contributed by atoms with van der Waals surface area (Å²) in [6.45, 7) is 0.806. The number of nitrogens with zero attached hydrogens (tertiary/aromatic N) is 2. The minimum absolute atomic E-state index is 0. The normalized spacial score (nSPS) is 9.86. The van der Waals surface area contributed by atoms with Crippen LogP contribution in [-0.4, -0.2) is 28.5 Å². The Morgan fingerprint density at radius 3 is 2.76 bits per heavy atom. The van der Waals surface area contributed by atoms with Crippen LogP contribution in [0.5, 0.6) is 0 Å². The van der Waals surface area contributed by atoms with E-state index in [9.17, 15) is 9.18 Å². The first-order chi connectivity index (χ1) is 9.13. The van der Waals surface area contributed by atoms with E-state index in [1.165, 1.54) is 6.07 Å². The van der Waals surface area contributed by atoms with Crippen molar-refractivity contribution in [1.82, 2.24) is 14.9 Å². The zero-order chi connectivity index (χ0) is 13.8. The molecule has 0 saturated carbocycles. The predicted octanol–water partition coefficient (Wildman–Crippen LogP) is 1.56. The molecular weight excluding hydrogens is 318 g/mol. The molecule has 5 nitrogen and oxygen atoms in total. The lowest BCUT2D eigenvalue weighted by Gasteiger charge is -2.04. The molecule has 0 aliphatic carbocycles. The van der Waals surface area contributed by atoms with Gasteiger partial charge in [-0.2, -0.15) is 0 Å². The predicted molar refractivity (Wildman–Crippen MR) is 85.6 cm³/mol. The fourth-order valence-electron chi connectivity index (χ4n) is 1.99. The fraction of sp³-hybridized carbons (Fsp3) is 0.385. The molecule has 8 heteroatoms. The molecule has 118 valence electrons. The molecule has 0 atom stereocenters. The number of aromatic nitrogens is 2. The number of amides is 1. The Morgan fingerprint density at radius 1 is 1.43 bits per heavy atom. The lowest BCUT2D eigenvalue weighted by Crippen LogP contribution is -2.28. The SMILES string of the molecule is Cl.Cl.Cn1c(CCNC(=O)CCN)nc2c(F)cccc21. The van der Waals surface area contributed by atoms with E-state index in [1.54, 1.807) is 6.07 Å². The maximum atomic E-state index is 13.6. The van der Waals surface area contributed by atoms with Gasteiger partial charge in [0.2, 0.25) is 5.91 Å². The highest BCUT2D eigenvalue weighted by molar-refractivity contribution is 5.85. The van der Waals surface area contributed by atoms with Gasteiger partial charge in [0, 0.05) is 33.0 Å². The van der Waals surface area contributed by atoms with Crippen molar-refractivity contribution < 1.29 is 9.18 Å². The maximum absolute atomic E-state index is 13.6. The number of rotatable bonds is 5. The molecular formula is C13H19Cl2FN4O. The van der Waals surface area contributed by atoms with Crippen molar-refractivity contribution in [1.29, 1.82) is 0 Å². The number of halogens is 3. The summed E-state index contributed by atoms with van der Waals surface area (Å²) in [5, 5.41) is 2.75. The van der Waals surface area contributed by atoms with Crippen LogP contribution in [0.2, 0.25) is 0 Å². The van der Waals surface area contributed by atoms with Crippen molar-refractivity contribution in [2.75, 3.05) is 13.1 Å². The van der Waals surface area contributed by atoms with Crippen LogP contribution in [0, 0.1) is 5.82 Å². The molecule has 0 bridgehead atoms. The molecule has 1 amide bonds. The average molecular weight is 337 g/mol. The van der Waals surface area contributed by atoms with E-state index < -0.39 is 0 Å². The van der Waals surface area contributed by atoms with Crippen LogP contribution in [0.4, 0.5) is 4.39 Å². The molecule has 3 N–H and O–H groups in total. The van der Waals surface area contributed by atoms with Gasteiger partial charge < -0.3 is 15.6 Å². The van der Waals surface area contributed by atoms with Crippen molar-refractivity contribution in [2.24, 2.45) is 12.8 Å². The summed E-state index contributed by atoms with van der Waals surface area (Å²) in [5.41, 5.74) is 6.41. The standard InChI is InChI=1S/C13H17FN4O.2ClH/c1-18-10-4-2-3-9(14)13(10)17-11(18)6-8-16-12(19)5-7-15;;/h2-4H,5-8,15H2,1H3,(H,16,19);2*1H. The van der Waals surface area contributed by atoms with E-state index in [4.69, 9.17) is 5.73 Å². The second-order valence-corrected chi connectivity index (χ2v) is 4.33. The zero-order valence-electron chi connectivity index (χ0n) is 11.6. The van der Waals surface area contributed by atoms with Crippen LogP contribution in [0.15, 0.2) is 18.2 Å². The minimum Gasteiger partial charge on any atom is -0.356 e. The monoisotopic (exact) mass is 336 g/mol. The Balaban J connectivity index is 0.00000200. The molecule has 1 aromatic heterocycles. The van der Waals surface area contributed by atoms with Crippen molar-refractivity contribution in [3.8, 4) is 0 Å². The number of hydrogen-bond acceptors (Lipinski definition) is 3. The third-order valence-electron chi connectivity index (χ3n) is 3.00. The number of benzene rings is 1. The molecule has 2 aromatic rings. The Hall–Kier alpha value is -1.37. The second-order valence-electron chi connectivity index (χ2n) is 4.33. The third-order valence-corrected chi connectivity index (χ3v) is 3.00. The van der Waals surface area contributed by atoms with Crippen molar-refractivity contribution in [2.45, 2.75) is 12.8 Å². The van der Waals surface area contributed by atoms with Crippen LogP contribution >= 0.6 is 24.8 Å². The molecule has 0 saturated heterocycles. The van der Waals surface area contributed by atoms with Gasteiger partial charge in [0.1, 0.15) is 11.3 Å². The number of nitrogens with one attached hydrogen (secondary N) is 1. The summed E-state index contributed by atoms with van der Waals surface area (Å²) in [6.07, 6.45) is 0.873. The topological polar surface area (TPSA) is 72.9 Å². The summed E-state index contributed by atoms with van der Waals surface area (Å²) >= 11 is 0. The van der Waals surface area contributed by atoms with Gasteiger partial charge in [-0.3, -0.25) is 4.79 Å². The molecule has 0 unspecified atom stereocenters. The van der Waals surface area contributed by atoms with Gasteiger partial charge in [0.15, 0.2) is 5.82 Å². The molecule has 0 aliphatic rings. The number of carbonyl (C=O) groups is 1. The Morgan fingerprint density at radius 2 is 2.14 bits per heavy atom. The minimum atomic E-state index is -0.327. The molecule has 0 radical (unpaired) electrons. The number of fused-ring (bicyclic) bond motifs is 1. The van der Waals surface area contributed by atoms with Crippen LogP contribution in [0.1, 0.15) is 12.2 Å². The number of hydrogen-bond donors (Lipinski definition) is 2. The van der Waals surface area contributed by atoms with E-state index in [-0.39, 0.29) is 36.5 Å². The van der Waals surface area contributed by atoms with Crippen molar-refractivity contribution in [3.63, 3.8) is 0 Å². The zero-order valence-corrected chi connectivity index (χ0v) is 13.3. The quantitative estimate of drug-likeness (QED) is 0.870. The van der Waals surface area contributed by atoms with Gasteiger partial charge in [-0.25, -0.2) is 9.37 Å². The third kappa shape index (κ3) is 4.56. The number of nitrogens with two attached hydrogens (primary N) is 1.